The van der Waals surface area contributed by atoms with Gasteiger partial charge >= 0.3 is 0 Å². The second-order valence-electron chi connectivity index (χ2n) is 8.66. The van der Waals surface area contributed by atoms with E-state index in [0.29, 0.717) is 54.9 Å². The number of carbonyl (C=O) groups is 1. The lowest BCUT2D eigenvalue weighted by Crippen LogP contribution is -2.48. The van der Waals surface area contributed by atoms with Crippen molar-refractivity contribution in [2.45, 2.75) is 13.5 Å². The fourth-order valence-corrected chi connectivity index (χ4v) is 4.16. The first kappa shape index (κ1) is 24.0. The predicted octanol–water partition coefficient (Wildman–Crippen LogP) is 4.66. The Balaban J connectivity index is 1.23. The molecule has 2 aromatic carbocycles. The number of aromatic nitrogens is 1. The molecule has 0 saturated carbocycles. The lowest BCUT2D eigenvalue weighted by atomic mass is 10.1. The molecule has 1 saturated heterocycles. The molecule has 0 radical (unpaired) electrons. The van der Waals surface area contributed by atoms with Gasteiger partial charge in [0.05, 0.1) is 7.11 Å². The van der Waals surface area contributed by atoms with E-state index < -0.39 is 0 Å². The lowest BCUT2D eigenvalue weighted by molar-refractivity contribution is 0.0745. The minimum atomic E-state index is -0.0444. The molecule has 1 aliphatic heterocycles. The third-order valence-corrected chi connectivity index (χ3v) is 6.15. The Hall–Kier alpha value is -4.71. The van der Waals surface area contributed by atoms with Crippen LogP contribution in [0.15, 0.2) is 69.5 Å². The number of hydrogen-bond donors (Lipinski definition) is 0. The summed E-state index contributed by atoms with van der Waals surface area (Å²) in [6.07, 6.45) is 0. The Kier molecular flexibility index (Phi) is 6.81. The Morgan fingerprint density at radius 3 is 2.51 bits per heavy atom. The van der Waals surface area contributed by atoms with Gasteiger partial charge in [0.2, 0.25) is 11.6 Å². The van der Waals surface area contributed by atoms with Gasteiger partial charge in [0.15, 0.2) is 5.76 Å². The van der Waals surface area contributed by atoms with Gasteiger partial charge in [0.1, 0.15) is 29.9 Å². The van der Waals surface area contributed by atoms with Crippen LogP contribution in [0.5, 0.6) is 11.5 Å². The summed E-state index contributed by atoms with van der Waals surface area (Å²) < 4.78 is 22.8. The smallest absolute Gasteiger partial charge is 0.266 e. The monoisotopic (exact) mass is 498 g/mol. The van der Waals surface area contributed by atoms with Crippen molar-refractivity contribution < 1.29 is 23.1 Å². The largest absolute Gasteiger partial charge is 0.497 e. The number of ether oxygens (including phenoxy) is 2. The molecule has 0 atom stereocenters. The standard InChI is InChI=1S/C28H26N4O5/c1-19-4-3-5-22(16-19)35-18-23-10-11-25(36-23)26-30-24(17-29)28(37-26)32-14-12-31(13-15-32)27(33)20-6-8-21(34-2)9-7-20/h3-11,16H,12-15,18H2,1-2H3. The summed E-state index contributed by atoms with van der Waals surface area (Å²) in [4.78, 5) is 20.9. The van der Waals surface area contributed by atoms with Crippen molar-refractivity contribution in [2.24, 2.45) is 0 Å². The van der Waals surface area contributed by atoms with Crippen LogP contribution in [-0.4, -0.2) is 49.1 Å². The van der Waals surface area contributed by atoms with Crippen molar-refractivity contribution in [3.05, 3.63) is 83.2 Å². The highest BCUT2D eigenvalue weighted by Gasteiger charge is 2.27. The Labute approximate surface area is 214 Å². The first-order valence-electron chi connectivity index (χ1n) is 11.9. The average molecular weight is 499 g/mol. The number of piperazine rings is 1. The van der Waals surface area contributed by atoms with Crippen LogP contribution in [0.25, 0.3) is 11.7 Å². The fraction of sp³-hybridized carbons (Fsp3) is 0.250. The molecule has 0 N–H and O–H groups in total. The molecule has 1 amide bonds. The number of rotatable bonds is 7. The second-order valence-corrected chi connectivity index (χ2v) is 8.66. The molecule has 1 fully saturated rings. The van der Waals surface area contributed by atoms with Gasteiger partial charge in [-0.2, -0.15) is 10.2 Å². The van der Waals surface area contributed by atoms with Crippen molar-refractivity contribution in [2.75, 3.05) is 38.2 Å². The number of carbonyl (C=O) groups excluding carboxylic acids is 1. The van der Waals surface area contributed by atoms with Crippen LogP contribution >= 0.6 is 0 Å². The van der Waals surface area contributed by atoms with Crippen LogP contribution in [0.3, 0.4) is 0 Å². The number of oxazole rings is 1. The van der Waals surface area contributed by atoms with Crippen molar-refractivity contribution in [3.63, 3.8) is 0 Å². The zero-order valence-corrected chi connectivity index (χ0v) is 20.6. The van der Waals surface area contributed by atoms with Gasteiger partial charge in [-0.25, -0.2) is 0 Å². The third kappa shape index (κ3) is 5.28. The molecule has 188 valence electrons. The first-order valence-corrected chi connectivity index (χ1v) is 11.9. The Bertz CT molecular complexity index is 1430. The number of methoxy groups -OCH3 is 1. The maximum absolute atomic E-state index is 12.9. The molecule has 0 spiro atoms. The normalized spacial score (nSPS) is 13.3. The number of furan rings is 1. The number of amides is 1. The van der Waals surface area contributed by atoms with E-state index in [2.05, 4.69) is 11.1 Å². The van der Waals surface area contributed by atoms with E-state index in [-0.39, 0.29) is 24.1 Å². The summed E-state index contributed by atoms with van der Waals surface area (Å²) in [5.41, 5.74) is 1.90. The fourth-order valence-electron chi connectivity index (χ4n) is 4.16. The topological polar surface area (TPSA) is 105 Å². The maximum Gasteiger partial charge on any atom is 0.266 e. The summed E-state index contributed by atoms with van der Waals surface area (Å²) in [7, 11) is 1.59. The molecule has 4 aromatic rings. The van der Waals surface area contributed by atoms with Crippen LogP contribution < -0.4 is 14.4 Å². The lowest BCUT2D eigenvalue weighted by Gasteiger charge is -2.34. The number of nitriles is 1. The van der Waals surface area contributed by atoms with Gasteiger partial charge in [-0.15, -0.1) is 0 Å². The van der Waals surface area contributed by atoms with E-state index in [9.17, 15) is 10.1 Å². The van der Waals surface area contributed by atoms with Crippen LogP contribution in [0.1, 0.15) is 27.4 Å². The highest BCUT2D eigenvalue weighted by Crippen LogP contribution is 2.30. The van der Waals surface area contributed by atoms with E-state index >= 15 is 0 Å². The summed E-state index contributed by atoms with van der Waals surface area (Å²) in [6.45, 7) is 4.27. The van der Waals surface area contributed by atoms with Gasteiger partial charge in [0, 0.05) is 31.7 Å². The SMILES string of the molecule is COc1ccc(C(=O)N2CCN(c3oc(-c4ccc(COc5cccc(C)c5)o4)nc3C#N)CC2)cc1. The minimum Gasteiger partial charge on any atom is -0.497 e. The first-order chi connectivity index (χ1) is 18.0. The van der Waals surface area contributed by atoms with Crippen molar-refractivity contribution in [1.82, 2.24) is 9.88 Å². The predicted molar refractivity (Wildman–Crippen MR) is 136 cm³/mol. The van der Waals surface area contributed by atoms with E-state index in [0.717, 1.165) is 11.3 Å². The number of nitrogens with zero attached hydrogens (tertiary/aromatic N) is 4. The minimum absolute atomic E-state index is 0.0444. The van der Waals surface area contributed by atoms with Crippen molar-refractivity contribution in [1.29, 1.82) is 5.26 Å². The van der Waals surface area contributed by atoms with Crippen LogP contribution in [0.4, 0.5) is 5.88 Å². The van der Waals surface area contributed by atoms with E-state index in [4.69, 9.17) is 18.3 Å². The number of aryl methyl sites for hydroxylation is 1. The zero-order chi connectivity index (χ0) is 25.8. The van der Waals surface area contributed by atoms with Crippen molar-refractivity contribution in [3.8, 4) is 29.2 Å². The second kappa shape index (κ2) is 10.5. The number of hydrogen-bond acceptors (Lipinski definition) is 8. The molecule has 1 aliphatic rings. The van der Waals surface area contributed by atoms with Gasteiger partial charge in [-0.05, 0) is 61.0 Å². The molecule has 9 heteroatoms. The van der Waals surface area contributed by atoms with E-state index in [1.807, 2.05) is 36.1 Å². The van der Waals surface area contributed by atoms with E-state index in [1.54, 1.807) is 48.4 Å². The van der Waals surface area contributed by atoms with Crippen molar-refractivity contribution >= 4 is 11.8 Å². The summed E-state index contributed by atoms with van der Waals surface area (Å²) in [6, 6.07) is 20.5. The summed E-state index contributed by atoms with van der Waals surface area (Å²) in [5, 5.41) is 9.65. The Morgan fingerprint density at radius 2 is 1.81 bits per heavy atom. The molecule has 0 aliphatic carbocycles. The van der Waals surface area contributed by atoms with Gasteiger partial charge < -0.3 is 28.1 Å². The Morgan fingerprint density at radius 1 is 1.03 bits per heavy atom. The molecular formula is C28H26N4O5. The maximum atomic E-state index is 12.9. The average Bonchev–Trinajstić information content (AvgIpc) is 3.59. The number of benzene rings is 2. The molecule has 3 heterocycles. The molecular weight excluding hydrogens is 472 g/mol. The van der Waals surface area contributed by atoms with Gasteiger partial charge in [-0.1, -0.05) is 12.1 Å². The van der Waals surface area contributed by atoms with Crippen LogP contribution in [-0.2, 0) is 6.61 Å². The zero-order valence-electron chi connectivity index (χ0n) is 20.6. The number of anilines is 1. The highest BCUT2D eigenvalue weighted by atomic mass is 16.5. The van der Waals surface area contributed by atoms with E-state index in [1.165, 1.54) is 0 Å². The van der Waals surface area contributed by atoms with Gasteiger partial charge in [0.25, 0.3) is 11.8 Å². The molecule has 37 heavy (non-hydrogen) atoms. The molecule has 2 aromatic heterocycles. The molecule has 0 unspecified atom stereocenters. The molecule has 0 bridgehead atoms. The third-order valence-electron chi connectivity index (χ3n) is 6.15. The molecule has 5 rings (SSSR count). The van der Waals surface area contributed by atoms with Crippen LogP contribution in [0, 0.1) is 18.3 Å². The van der Waals surface area contributed by atoms with Crippen LogP contribution in [0.2, 0.25) is 0 Å². The summed E-state index contributed by atoms with van der Waals surface area (Å²) >= 11 is 0. The van der Waals surface area contributed by atoms with Gasteiger partial charge in [-0.3, -0.25) is 4.79 Å². The molecule has 9 nitrogen and oxygen atoms in total. The quantitative estimate of drug-likeness (QED) is 0.362. The highest BCUT2D eigenvalue weighted by molar-refractivity contribution is 5.94. The summed E-state index contributed by atoms with van der Waals surface area (Å²) in [5.74, 6) is 3.05.